The molecule has 1 aromatic carbocycles. The minimum Gasteiger partial charge on any atom is -0.362 e. The lowest BCUT2D eigenvalue weighted by Gasteiger charge is -2.41. The molecule has 1 unspecified atom stereocenters. The van der Waals surface area contributed by atoms with Gasteiger partial charge < -0.3 is 5.32 Å². The molecule has 27 heavy (non-hydrogen) atoms. The second-order valence-corrected chi connectivity index (χ2v) is 8.38. The number of Topliss-reactive ketones (excluding diaryl/α,β-unsaturated/α-hetero) is 2. The summed E-state index contributed by atoms with van der Waals surface area (Å²) in [6.45, 7) is 4.10. The Morgan fingerprint density at radius 3 is 2.48 bits per heavy atom. The fourth-order valence-corrected chi connectivity index (χ4v) is 4.64. The van der Waals surface area contributed by atoms with Crippen molar-refractivity contribution in [1.29, 1.82) is 0 Å². The monoisotopic (exact) mass is 366 g/mol. The highest BCUT2D eigenvalue weighted by atomic mass is 16.6. The number of ketones is 2. The Kier molecular flexibility index (Phi) is 4.02. The van der Waals surface area contributed by atoms with E-state index in [-0.39, 0.29) is 22.7 Å². The van der Waals surface area contributed by atoms with Gasteiger partial charge in [0.15, 0.2) is 11.6 Å². The summed E-state index contributed by atoms with van der Waals surface area (Å²) in [5.74, 6) is -0.688. The van der Waals surface area contributed by atoms with E-state index in [1.807, 2.05) is 13.8 Å². The Labute approximate surface area is 157 Å². The average molecular weight is 366 g/mol. The molecule has 0 aromatic heterocycles. The van der Waals surface area contributed by atoms with Gasteiger partial charge in [-0.25, -0.2) is 0 Å². The first-order valence-corrected chi connectivity index (χ1v) is 9.31. The molecule has 3 aliphatic rings. The van der Waals surface area contributed by atoms with Gasteiger partial charge in [0.25, 0.3) is 5.69 Å². The zero-order valence-electron chi connectivity index (χ0n) is 15.5. The van der Waals surface area contributed by atoms with Gasteiger partial charge in [-0.3, -0.25) is 19.7 Å². The summed E-state index contributed by atoms with van der Waals surface area (Å²) >= 11 is 0. The number of nitrogens with zero attached hydrogens (tertiary/aromatic N) is 1. The molecule has 0 fully saturated rings. The van der Waals surface area contributed by atoms with Crippen LogP contribution in [-0.4, -0.2) is 16.5 Å². The number of nitro benzene ring substituents is 1. The quantitative estimate of drug-likeness (QED) is 0.633. The van der Waals surface area contributed by atoms with E-state index < -0.39 is 10.8 Å². The van der Waals surface area contributed by atoms with Gasteiger partial charge >= 0.3 is 0 Å². The molecule has 1 N–H and O–H groups in total. The summed E-state index contributed by atoms with van der Waals surface area (Å²) in [5.41, 5.74) is 2.96. The van der Waals surface area contributed by atoms with Crippen LogP contribution in [0.15, 0.2) is 46.8 Å². The largest absolute Gasteiger partial charge is 0.362 e. The average Bonchev–Trinajstić information content (AvgIpc) is 2.59. The van der Waals surface area contributed by atoms with Crippen molar-refractivity contribution in [3.63, 3.8) is 0 Å². The molecule has 6 nitrogen and oxygen atoms in total. The number of carbonyl (C=O) groups excluding carboxylic acids is 2. The van der Waals surface area contributed by atoms with Crippen LogP contribution in [-0.2, 0) is 9.59 Å². The highest BCUT2D eigenvalue weighted by Gasteiger charge is 2.45. The summed E-state index contributed by atoms with van der Waals surface area (Å²) in [6, 6.07) is 6.47. The van der Waals surface area contributed by atoms with Crippen LogP contribution < -0.4 is 5.32 Å². The highest BCUT2D eigenvalue weighted by molar-refractivity contribution is 6.06. The number of rotatable bonds is 2. The number of para-hydroxylation sites is 1. The van der Waals surface area contributed by atoms with Crippen LogP contribution in [0, 0.1) is 15.5 Å². The summed E-state index contributed by atoms with van der Waals surface area (Å²) < 4.78 is 0. The molecule has 0 saturated carbocycles. The molecule has 1 atom stereocenters. The number of carbonyl (C=O) groups is 2. The van der Waals surface area contributed by atoms with Crippen LogP contribution in [0.3, 0.4) is 0 Å². The number of hydrogen-bond acceptors (Lipinski definition) is 5. The molecule has 1 heterocycles. The zero-order chi connectivity index (χ0) is 19.3. The van der Waals surface area contributed by atoms with Crippen LogP contribution in [0.5, 0.6) is 0 Å². The second-order valence-electron chi connectivity index (χ2n) is 8.38. The molecule has 2 aliphatic carbocycles. The van der Waals surface area contributed by atoms with Crippen LogP contribution in [0.2, 0.25) is 0 Å². The molecular formula is C21H22N2O4. The van der Waals surface area contributed by atoms with Gasteiger partial charge in [0.05, 0.1) is 10.8 Å². The fraction of sp³-hybridized carbons (Fsp3) is 0.429. The number of nitrogens with one attached hydrogen (secondary N) is 1. The topological polar surface area (TPSA) is 89.3 Å². The molecule has 6 heteroatoms. The normalized spacial score (nSPS) is 24.3. The first-order chi connectivity index (χ1) is 12.8. The third kappa shape index (κ3) is 2.89. The zero-order valence-corrected chi connectivity index (χ0v) is 15.5. The van der Waals surface area contributed by atoms with Gasteiger partial charge in [0.1, 0.15) is 0 Å². The highest BCUT2D eigenvalue weighted by Crippen LogP contribution is 2.50. The van der Waals surface area contributed by atoms with E-state index >= 15 is 0 Å². The van der Waals surface area contributed by atoms with Gasteiger partial charge in [0.2, 0.25) is 0 Å². The molecular weight excluding hydrogens is 344 g/mol. The first kappa shape index (κ1) is 17.6. The van der Waals surface area contributed by atoms with Crippen LogP contribution >= 0.6 is 0 Å². The summed E-state index contributed by atoms with van der Waals surface area (Å²) in [4.78, 5) is 37.1. The van der Waals surface area contributed by atoms with Gasteiger partial charge in [-0.05, 0) is 24.7 Å². The van der Waals surface area contributed by atoms with Crippen LogP contribution in [0.25, 0.3) is 0 Å². The lowest BCUT2D eigenvalue weighted by atomic mass is 9.66. The summed E-state index contributed by atoms with van der Waals surface area (Å²) in [5, 5.41) is 15.0. The fourth-order valence-electron chi connectivity index (χ4n) is 4.64. The van der Waals surface area contributed by atoms with E-state index in [1.165, 1.54) is 6.07 Å². The Morgan fingerprint density at radius 1 is 1.04 bits per heavy atom. The standard InChI is InChI=1S/C21H22N2O4/c1-21(2)10-14-20(17(25)11-21)18(12-6-3-4-8-15(12)23(26)27)19-13(22-14)7-5-9-16(19)24/h3-4,6,8,18,22H,5,7,9-11H2,1-2H3. The van der Waals surface area contributed by atoms with Crippen molar-refractivity contribution in [2.24, 2.45) is 5.41 Å². The van der Waals surface area contributed by atoms with E-state index in [2.05, 4.69) is 5.32 Å². The second kappa shape index (κ2) is 6.15. The molecule has 0 amide bonds. The molecule has 0 saturated heterocycles. The van der Waals surface area contributed by atoms with Gasteiger partial charge in [-0.15, -0.1) is 0 Å². The smallest absolute Gasteiger partial charge is 0.273 e. The van der Waals surface area contributed by atoms with Crippen molar-refractivity contribution < 1.29 is 14.5 Å². The van der Waals surface area contributed by atoms with Crippen molar-refractivity contribution in [2.45, 2.75) is 51.9 Å². The van der Waals surface area contributed by atoms with E-state index in [0.717, 1.165) is 24.2 Å². The Balaban J connectivity index is 1.97. The Morgan fingerprint density at radius 2 is 1.74 bits per heavy atom. The van der Waals surface area contributed by atoms with Crippen LogP contribution in [0.1, 0.15) is 57.4 Å². The lowest BCUT2D eigenvalue weighted by molar-refractivity contribution is -0.385. The maximum absolute atomic E-state index is 13.1. The predicted molar refractivity (Wildman–Crippen MR) is 99.9 cm³/mol. The number of nitro groups is 1. The summed E-state index contributed by atoms with van der Waals surface area (Å²) in [7, 11) is 0. The van der Waals surface area contributed by atoms with Crippen molar-refractivity contribution in [1.82, 2.24) is 5.32 Å². The number of benzene rings is 1. The summed E-state index contributed by atoms with van der Waals surface area (Å²) in [6.07, 6.45) is 2.97. The Hall–Kier alpha value is -2.76. The molecule has 0 bridgehead atoms. The predicted octanol–water partition coefficient (Wildman–Crippen LogP) is 3.93. The third-order valence-electron chi connectivity index (χ3n) is 5.70. The number of dihydropyridines is 1. The van der Waals surface area contributed by atoms with Crippen LogP contribution in [0.4, 0.5) is 5.69 Å². The van der Waals surface area contributed by atoms with Crippen molar-refractivity contribution in [3.8, 4) is 0 Å². The molecule has 0 spiro atoms. The SMILES string of the molecule is CC1(C)CC(=O)C2=C(C1)NC1=C(C(=O)CCC1)C2c1ccccc1[N+](=O)[O-]. The molecule has 1 aromatic rings. The van der Waals surface area contributed by atoms with Crippen molar-refractivity contribution in [2.75, 3.05) is 0 Å². The number of hydrogen-bond donors (Lipinski definition) is 1. The van der Waals surface area contributed by atoms with E-state index in [9.17, 15) is 19.7 Å². The number of allylic oxidation sites excluding steroid dienone is 4. The first-order valence-electron chi connectivity index (χ1n) is 9.31. The Bertz CT molecular complexity index is 939. The molecule has 4 rings (SSSR count). The van der Waals surface area contributed by atoms with E-state index in [4.69, 9.17) is 0 Å². The third-order valence-corrected chi connectivity index (χ3v) is 5.70. The lowest BCUT2D eigenvalue weighted by Crippen LogP contribution is -2.40. The minimum atomic E-state index is -0.644. The maximum Gasteiger partial charge on any atom is 0.273 e. The molecule has 1 aliphatic heterocycles. The van der Waals surface area contributed by atoms with Gasteiger partial charge in [-0.1, -0.05) is 32.0 Å². The van der Waals surface area contributed by atoms with E-state index in [1.54, 1.807) is 18.2 Å². The van der Waals surface area contributed by atoms with Gasteiger partial charge in [-0.2, -0.15) is 0 Å². The maximum atomic E-state index is 13.1. The minimum absolute atomic E-state index is 0.0175. The van der Waals surface area contributed by atoms with Crippen molar-refractivity contribution in [3.05, 3.63) is 62.5 Å². The van der Waals surface area contributed by atoms with E-state index in [0.29, 0.717) is 36.0 Å². The van der Waals surface area contributed by atoms with Crippen molar-refractivity contribution >= 4 is 17.3 Å². The molecule has 140 valence electrons. The van der Waals surface area contributed by atoms with Gasteiger partial charge in [0, 0.05) is 47.0 Å². The molecule has 0 radical (unpaired) electrons.